The van der Waals surface area contributed by atoms with Crippen LogP contribution in [0.25, 0.3) is 0 Å². The van der Waals surface area contributed by atoms with Gasteiger partial charge >= 0.3 is 0 Å². The lowest BCUT2D eigenvalue weighted by atomic mass is 10.1. The molecule has 2 aliphatic rings. The minimum absolute atomic E-state index is 0.153. The molecule has 0 spiro atoms. The Hall–Kier alpha value is -2.28. The fraction of sp³-hybridized carbons (Fsp3) is 0.636. The number of guanidine groups is 1. The second-order valence-corrected chi connectivity index (χ2v) is 7.72. The first-order valence-electron chi connectivity index (χ1n) is 10.8. The van der Waals surface area contributed by atoms with E-state index in [1.54, 1.807) is 14.0 Å². The number of methoxy groups -OCH3 is 1. The maximum Gasteiger partial charge on any atom is 0.219 e. The van der Waals surface area contributed by atoms with E-state index in [4.69, 9.17) is 9.73 Å². The summed E-state index contributed by atoms with van der Waals surface area (Å²) in [7, 11) is 1.70. The number of rotatable bonds is 6. The molecular weight excluding hydrogens is 366 g/mol. The van der Waals surface area contributed by atoms with E-state index in [0.29, 0.717) is 0 Å². The lowest BCUT2D eigenvalue weighted by Crippen LogP contribution is -2.53. The highest BCUT2D eigenvalue weighted by Crippen LogP contribution is 2.27. The average molecular weight is 402 g/mol. The molecule has 0 aliphatic carbocycles. The van der Waals surface area contributed by atoms with Crippen molar-refractivity contribution in [2.24, 2.45) is 4.99 Å². The number of carbonyl (C=O) groups is 1. The molecule has 0 bridgehead atoms. The summed E-state index contributed by atoms with van der Waals surface area (Å²) in [5.41, 5.74) is 1.29. The Balaban J connectivity index is 1.73. The Morgan fingerprint density at radius 2 is 1.69 bits per heavy atom. The molecule has 160 valence electrons. The van der Waals surface area contributed by atoms with Crippen LogP contribution >= 0.6 is 0 Å². The van der Waals surface area contributed by atoms with E-state index in [9.17, 15) is 4.79 Å². The summed E-state index contributed by atoms with van der Waals surface area (Å²) >= 11 is 0. The number of carbonyl (C=O) groups excluding carboxylic acids is 1. The summed E-state index contributed by atoms with van der Waals surface area (Å²) < 4.78 is 5.32. The monoisotopic (exact) mass is 401 g/mol. The molecule has 1 atom stereocenters. The van der Waals surface area contributed by atoms with Gasteiger partial charge in [-0.3, -0.25) is 14.7 Å². The van der Waals surface area contributed by atoms with Crippen molar-refractivity contribution in [3.63, 3.8) is 0 Å². The van der Waals surface area contributed by atoms with Crippen molar-refractivity contribution in [1.29, 1.82) is 0 Å². The van der Waals surface area contributed by atoms with Crippen LogP contribution in [0.3, 0.4) is 0 Å². The average Bonchev–Trinajstić information content (AvgIpc) is 3.28. The highest BCUT2D eigenvalue weighted by Gasteiger charge is 2.25. The summed E-state index contributed by atoms with van der Waals surface area (Å²) in [6.07, 6.45) is 2.51. The van der Waals surface area contributed by atoms with Gasteiger partial charge in [-0.25, -0.2) is 0 Å². The number of nitrogens with zero attached hydrogens (tertiary/aromatic N) is 4. The topological polar surface area (TPSA) is 60.4 Å². The fourth-order valence-corrected chi connectivity index (χ4v) is 4.14. The van der Waals surface area contributed by atoms with Crippen molar-refractivity contribution in [1.82, 2.24) is 20.0 Å². The quantitative estimate of drug-likeness (QED) is 0.583. The molecule has 1 aromatic rings. The van der Waals surface area contributed by atoms with E-state index < -0.39 is 0 Å². The zero-order valence-corrected chi connectivity index (χ0v) is 18.1. The third-order valence-corrected chi connectivity index (χ3v) is 5.86. The van der Waals surface area contributed by atoms with E-state index in [0.717, 1.165) is 64.1 Å². The number of piperazine rings is 1. The van der Waals surface area contributed by atoms with Crippen LogP contribution in [0.5, 0.6) is 5.75 Å². The van der Waals surface area contributed by atoms with E-state index in [-0.39, 0.29) is 11.9 Å². The van der Waals surface area contributed by atoms with Crippen LogP contribution in [0.4, 0.5) is 0 Å². The first kappa shape index (κ1) is 21.4. The lowest BCUT2D eigenvalue weighted by Gasteiger charge is -2.36. The minimum Gasteiger partial charge on any atom is -0.497 e. The SMILES string of the molecule is CCNC(=NCC(c1ccc(OC)cc1)N1CCCC1)N1CCN(C(C)=O)CC1. The molecule has 2 aliphatic heterocycles. The predicted molar refractivity (Wildman–Crippen MR) is 116 cm³/mol. The van der Waals surface area contributed by atoms with Gasteiger partial charge in [-0.1, -0.05) is 12.1 Å². The first-order chi connectivity index (χ1) is 14.1. The Morgan fingerprint density at radius 3 is 2.24 bits per heavy atom. The zero-order valence-electron chi connectivity index (χ0n) is 18.1. The molecule has 29 heavy (non-hydrogen) atoms. The second-order valence-electron chi connectivity index (χ2n) is 7.72. The van der Waals surface area contributed by atoms with Crippen LogP contribution in [-0.2, 0) is 4.79 Å². The van der Waals surface area contributed by atoms with Gasteiger partial charge in [0.2, 0.25) is 5.91 Å². The van der Waals surface area contributed by atoms with Crippen LogP contribution in [0, 0.1) is 0 Å². The number of hydrogen-bond donors (Lipinski definition) is 1. The normalized spacial score (nSPS) is 19.3. The highest BCUT2D eigenvalue weighted by atomic mass is 16.5. The van der Waals surface area contributed by atoms with Gasteiger partial charge in [0.25, 0.3) is 0 Å². The Bertz CT molecular complexity index is 677. The van der Waals surface area contributed by atoms with E-state index >= 15 is 0 Å². The molecule has 1 unspecified atom stereocenters. The summed E-state index contributed by atoms with van der Waals surface area (Å²) in [4.78, 5) is 23.4. The molecule has 1 N–H and O–H groups in total. The molecule has 2 heterocycles. The summed E-state index contributed by atoms with van der Waals surface area (Å²) in [5, 5.41) is 3.45. The first-order valence-corrected chi connectivity index (χ1v) is 10.8. The van der Waals surface area contributed by atoms with Gasteiger partial charge in [-0.15, -0.1) is 0 Å². The van der Waals surface area contributed by atoms with Crippen molar-refractivity contribution < 1.29 is 9.53 Å². The Kier molecular flexibility index (Phi) is 7.75. The van der Waals surface area contributed by atoms with Crippen molar-refractivity contribution in [3.05, 3.63) is 29.8 Å². The number of likely N-dealkylation sites (tertiary alicyclic amines) is 1. The zero-order chi connectivity index (χ0) is 20.6. The molecule has 0 saturated carbocycles. The molecule has 3 rings (SSSR count). The van der Waals surface area contributed by atoms with Crippen LogP contribution in [0.1, 0.15) is 38.3 Å². The second kappa shape index (κ2) is 10.5. The van der Waals surface area contributed by atoms with E-state index in [2.05, 4.69) is 34.2 Å². The summed E-state index contributed by atoms with van der Waals surface area (Å²) in [5.74, 6) is 1.99. The fourth-order valence-electron chi connectivity index (χ4n) is 4.14. The number of nitrogens with one attached hydrogen (secondary N) is 1. The van der Waals surface area contributed by atoms with Crippen molar-refractivity contribution >= 4 is 11.9 Å². The number of aliphatic imine (C=N–C) groups is 1. The molecule has 1 aromatic carbocycles. The summed E-state index contributed by atoms with van der Waals surface area (Å²) in [6.45, 7) is 10.7. The third-order valence-electron chi connectivity index (χ3n) is 5.86. The van der Waals surface area contributed by atoms with Crippen molar-refractivity contribution in [2.45, 2.75) is 32.7 Å². The van der Waals surface area contributed by atoms with E-state index in [1.165, 1.54) is 18.4 Å². The van der Waals surface area contributed by atoms with Crippen molar-refractivity contribution in [3.8, 4) is 5.75 Å². The molecule has 7 nitrogen and oxygen atoms in total. The van der Waals surface area contributed by atoms with Crippen LogP contribution in [0.15, 0.2) is 29.3 Å². The minimum atomic E-state index is 0.153. The number of amides is 1. The Morgan fingerprint density at radius 1 is 1.07 bits per heavy atom. The molecule has 7 heteroatoms. The lowest BCUT2D eigenvalue weighted by molar-refractivity contribution is -0.130. The van der Waals surface area contributed by atoms with Crippen LogP contribution in [0.2, 0.25) is 0 Å². The van der Waals surface area contributed by atoms with Crippen LogP contribution < -0.4 is 10.1 Å². The Labute approximate surface area is 174 Å². The predicted octanol–water partition coefficient (Wildman–Crippen LogP) is 1.96. The number of benzene rings is 1. The smallest absolute Gasteiger partial charge is 0.219 e. The molecular formula is C22H35N5O2. The van der Waals surface area contributed by atoms with Gasteiger partial charge in [0.05, 0.1) is 19.7 Å². The van der Waals surface area contributed by atoms with Crippen molar-refractivity contribution in [2.75, 3.05) is 59.5 Å². The maximum atomic E-state index is 11.6. The number of ether oxygens (including phenoxy) is 1. The van der Waals surface area contributed by atoms with Gasteiger partial charge in [0, 0.05) is 39.6 Å². The molecule has 2 fully saturated rings. The van der Waals surface area contributed by atoms with Gasteiger partial charge in [-0.2, -0.15) is 0 Å². The van der Waals surface area contributed by atoms with Gasteiger partial charge in [0.15, 0.2) is 5.96 Å². The standard InChI is InChI=1S/C22H35N5O2/c1-4-23-22(27-15-13-25(14-16-27)18(2)28)24-17-21(26-11-5-6-12-26)19-7-9-20(29-3)10-8-19/h7-10,21H,4-6,11-17H2,1-3H3,(H,23,24). The van der Waals surface area contributed by atoms with Gasteiger partial charge in [-0.05, 0) is 50.6 Å². The largest absolute Gasteiger partial charge is 0.497 e. The molecule has 2 saturated heterocycles. The molecule has 0 aromatic heterocycles. The number of hydrogen-bond acceptors (Lipinski definition) is 4. The molecule has 0 radical (unpaired) electrons. The van der Waals surface area contributed by atoms with Gasteiger partial charge < -0.3 is 19.9 Å². The summed E-state index contributed by atoms with van der Waals surface area (Å²) in [6, 6.07) is 8.67. The third kappa shape index (κ3) is 5.63. The maximum absolute atomic E-state index is 11.6. The van der Waals surface area contributed by atoms with Crippen LogP contribution in [-0.4, -0.2) is 86.0 Å². The molecule has 1 amide bonds. The highest BCUT2D eigenvalue weighted by molar-refractivity contribution is 5.80. The van der Waals surface area contributed by atoms with E-state index in [1.807, 2.05) is 17.0 Å². The van der Waals surface area contributed by atoms with Gasteiger partial charge in [0.1, 0.15) is 5.75 Å².